The highest BCUT2D eigenvalue weighted by Gasteiger charge is 2.14. The minimum Gasteiger partial charge on any atom is -0.352 e. The number of rotatable bonds is 4. The van der Waals surface area contributed by atoms with Crippen LogP contribution in [0.4, 0.5) is 17.1 Å². The lowest BCUT2D eigenvalue weighted by Gasteiger charge is -2.12. The summed E-state index contributed by atoms with van der Waals surface area (Å²) < 4.78 is 0. The van der Waals surface area contributed by atoms with Crippen molar-refractivity contribution in [1.29, 1.82) is 0 Å². The number of hydrogen-bond donors (Lipinski definition) is 2. The molecule has 120 valence electrons. The Morgan fingerprint density at radius 1 is 1.12 bits per heavy atom. The van der Waals surface area contributed by atoms with Gasteiger partial charge in [-0.25, -0.2) is 9.97 Å². The molecule has 2 N–H and O–H groups in total. The Bertz CT molecular complexity index is 870. The number of nitrogens with zero attached hydrogens (tertiary/aromatic N) is 3. The summed E-state index contributed by atoms with van der Waals surface area (Å²) in [5, 5.41) is 6.23. The first-order chi connectivity index (χ1) is 11.6. The minimum absolute atomic E-state index is 0.284. The van der Waals surface area contributed by atoms with Gasteiger partial charge in [-0.05, 0) is 43.3 Å². The summed E-state index contributed by atoms with van der Waals surface area (Å²) >= 11 is 5.84. The van der Waals surface area contributed by atoms with Gasteiger partial charge in [-0.3, -0.25) is 9.78 Å². The van der Waals surface area contributed by atoms with E-state index in [1.54, 1.807) is 24.5 Å². The molecule has 0 fully saturated rings. The average Bonchev–Trinajstić information content (AvgIpc) is 2.57. The first kappa shape index (κ1) is 15.9. The van der Waals surface area contributed by atoms with Crippen molar-refractivity contribution >= 4 is 34.6 Å². The Labute approximate surface area is 143 Å². The fourth-order valence-electron chi connectivity index (χ4n) is 2.09. The number of carbonyl (C=O) groups excluding carboxylic acids is 1. The summed E-state index contributed by atoms with van der Waals surface area (Å²) in [7, 11) is 0. The second-order valence-electron chi connectivity index (χ2n) is 5.04. The van der Waals surface area contributed by atoms with E-state index >= 15 is 0 Å². The average molecular weight is 340 g/mol. The molecule has 3 heterocycles. The van der Waals surface area contributed by atoms with Gasteiger partial charge in [0.05, 0.1) is 17.6 Å². The van der Waals surface area contributed by atoms with E-state index in [9.17, 15) is 4.79 Å². The number of anilines is 3. The van der Waals surface area contributed by atoms with Gasteiger partial charge < -0.3 is 10.6 Å². The van der Waals surface area contributed by atoms with Gasteiger partial charge in [0.15, 0.2) is 5.69 Å². The standard InChI is InChI=1S/C17H14ClN5O/c1-11-4-5-14(22-13-3-2-7-19-10-13)16(21-11)17(24)23-12-6-8-20-15(18)9-12/h2-10,22H,1H3,(H,20,23,24). The van der Waals surface area contributed by atoms with E-state index in [1.807, 2.05) is 31.2 Å². The summed E-state index contributed by atoms with van der Waals surface area (Å²) in [5.74, 6) is -0.340. The van der Waals surface area contributed by atoms with Crippen molar-refractivity contribution in [3.63, 3.8) is 0 Å². The zero-order valence-corrected chi connectivity index (χ0v) is 13.6. The molecule has 3 aromatic heterocycles. The van der Waals surface area contributed by atoms with Crippen LogP contribution in [0.15, 0.2) is 55.0 Å². The van der Waals surface area contributed by atoms with Crippen molar-refractivity contribution in [2.75, 3.05) is 10.6 Å². The SMILES string of the molecule is Cc1ccc(Nc2cccnc2)c(C(=O)Nc2ccnc(Cl)c2)n1. The van der Waals surface area contributed by atoms with E-state index < -0.39 is 0 Å². The highest BCUT2D eigenvalue weighted by molar-refractivity contribution is 6.29. The molecule has 0 bridgehead atoms. The maximum Gasteiger partial charge on any atom is 0.276 e. The number of carbonyl (C=O) groups is 1. The number of amides is 1. The summed E-state index contributed by atoms with van der Waals surface area (Å²) in [4.78, 5) is 24.9. The van der Waals surface area contributed by atoms with Crippen LogP contribution in [0, 0.1) is 6.92 Å². The molecule has 0 radical (unpaired) electrons. The van der Waals surface area contributed by atoms with Crippen LogP contribution in [0.25, 0.3) is 0 Å². The molecule has 3 rings (SSSR count). The number of hydrogen-bond acceptors (Lipinski definition) is 5. The van der Waals surface area contributed by atoms with E-state index in [0.717, 1.165) is 11.4 Å². The topological polar surface area (TPSA) is 79.8 Å². The molecular weight excluding hydrogens is 326 g/mol. The minimum atomic E-state index is -0.340. The fourth-order valence-corrected chi connectivity index (χ4v) is 2.27. The summed E-state index contributed by atoms with van der Waals surface area (Å²) in [6.07, 6.45) is 4.87. The quantitative estimate of drug-likeness (QED) is 0.706. The van der Waals surface area contributed by atoms with Crippen molar-refractivity contribution in [3.8, 4) is 0 Å². The van der Waals surface area contributed by atoms with Gasteiger partial charge in [0.25, 0.3) is 5.91 Å². The Hall–Kier alpha value is -2.99. The van der Waals surface area contributed by atoms with Crippen LogP contribution in [0.2, 0.25) is 5.15 Å². The molecule has 0 unspecified atom stereocenters. The predicted molar refractivity (Wildman–Crippen MR) is 93.7 cm³/mol. The van der Waals surface area contributed by atoms with Crippen LogP contribution in [-0.4, -0.2) is 20.9 Å². The lowest BCUT2D eigenvalue weighted by Crippen LogP contribution is -2.16. The van der Waals surface area contributed by atoms with Gasteiger partial charge in [-0.2, -0.15) is 0 Å². The molecule has 24 heavy (non-hydrogen) atoms. The molecule has 0 saturated heterocycles. The van der Waals surface area contributed by atoms with Crippen molar-refractivity contribution in [1.82, 2.24) is 15.0 Å². The Kier molecular flexibility index (Phi) is 4.67. The van der Waals surface area contributed by atoms with Crippen LogP contribution < -0.4 is 10.6 Å². The van der Waals surface area contributed by atoms with E-state index in [0.29, 0.717) is 16.5 Å². The first-order valence-electron chi connectivity index (χ1n) is 7.19. The molecule has 1 amide bonds. The number of nitrogens with one attached hydrogen (secondary N) is 2. The molecule has 0 atom stereocenters. The predicted octanol–water partition coefficient (Wildman–Crippen LogP) is 3.83. The van der Waals surface area contributed by atoms with E-state index in [2.05, 4.69) is 25.6 Å². The van der Waals surface area contributed by atoms with Crippen molar-refractivity contribution < 1.29 is 4.79 Å². The Morgan fingerprint density at radius 2 is 2.00 bits per heavy atom. The lowest BCUT2D eigenvalue weighted by molar-refractivity contribution is 0.102. The Morgan fingerprint density at radius 3 is 2.75 bits per heavy atom. The van der Waals surface area contributed by atoms with Crippen LogP contribution >= 0.6 is 11.6 Å². The van der Waals surface area contributed by atoms with Crippen LogP contribution in [-0.2, 0) is 0 Å². The number of halogens is 1. The normalized spacial score (nSPS) is 10.2. The zero-order valence-electron chi connectivity index (χ0n) is 12.8. The molecule has 0 spiro atoms. The molecule has 0 aromatic carbocycles. The zero-order chi connectivity index (χ0) is 16.9. The molecular formula is C17H14ClN5O. The fraction of sp³-hybridized carbons (Fsp3) is 0.0588. The lowest BCUT2D eigenvalue weighted by atomic mass is 10.2. The van der Waals surface area contributed by atoms with Crippen molar-refractivity contribution in [2.45, 2.75) is 6.92 Å². The molecule has 6 nitrogen and oxygen atoms in total. The second kappa shape index (κ2) is 7.06. The van der Waals surface area contributed by atoms with Crippen LogP contribution in [0.3, 0.4) is 0 Å². The molecule has 0 aliphatic rings. The smallest absolute Gasteiger partial charge is 0.276 e. The Balaban J connectivity index is 1.88. The summed E-state index contributed by atoms with van der Waals surface area (Å²) in [5.41, 5.74) is 2.93. The number of aromatic nitrogens is 3. The second-order valence-corrected chi connectivity index (χ2v) is 5.42. The molecule has 3 aromatic rings. The van der Waals surface area contributed by atoms with Crippen molar-refractivity contribution in [2.24, 2.45) is 0 Å². The van der Waals surface area contributed by atoms with Gasteiger partial charge in [0.1, 0.15) is 5.15 Å². The summed E-state index contributed by atoms with van der Waals surface area (Å²) in [6.45, 7) is 1.83. The maximum absolute atomic E-state index is 12.6. The van der Waals surface area contributed by atoms with Gasteiger partial charge in [0.2, 0.25) is 0 Å². The van der Waals surface area contributed by atoms with Gasteiger partial charge in [0, 0.05) is 23.8 Å². The number of aryl methyl sites for hydroxylation is 1. The van der Waals surface area contributed by atoms with Gasteiger partial charge >= 0.3 is 0 Å². The largest absolute Gasteiger partial charge is 0.352 e. The third-order valence-electron chi connectivity index (χ3n) is 3.17. The number of pyridine rings is 3. The van der Waals surface area contributed by atoms with Crippen LogP contribution in [0.5, 0.6) is 0 Å². The molecule has 7 heteroatoms. The van der Waals surface area contributed by atoms with Crippen LogP contribution in [0.1, 0.15) is 16.2 Å². The monoisotopic (exact) mass is 339 g/mol. The first-order valence-corrected chi connectivity index (χ1v) is 7.57. The van der Waals surface area contributed by atoms with Crippen molar-refractivity contribution in [3.05, 3.63) is 71.5 Å². The van der Waals surface area contributed by atoms with E-state index in [1.165, 1.54) is 6.20 Å². The molecule has 0 aliphatic carbocycles. The van der Waals surface area contributed by atoms with Gasteiger partial charge in [-0.15, -0.1) is 0 Å². The van der Waals surface area contributed by atoms with E-state index in [-0.39, 0.29) is 11.6 Å². The third-order valence-corrected chi connectivity index (χ3v) is 3.38. The van der Waals surface area contributed by atoms with Gasteiger partial charge in [-0.1, -0.05) is 11.6 Å². The summed E-state index contributed by atoms with van der Waals surface area (Å²) in [6, 6.07) is 10.5. The molecule has 0 saturated carbocycles. The highest BCUT2D eigenvalue weighted by Crippen LogP contribution is 2.21. The molecule has 0 aliphatic heterocycles. The highest BCUT2D eigenvalue weighted by atomic mass is 35.5. The third kappa shape index (κ3) is 3.85. The maximum atomic E-state index is 12.6. The van der Waals surface area contributed by atoms with E-state index in [4.69, 9.17) is 11.6 Å².